The summed E-state index contributed by atoms with van der Waals surface area (Å²) in [7, 11) is 0. The molecule has 0 saturated heterocycles. The van der Waals surface area contributed by atoms with Crippen molar-refractivity contribution in [3.8, 4) is 5.75 Å². The van der Waals surface area contributed by atoms with Crippen molar-refractivity contribution in [3.63, 3.8) is 0 Å². The highest BCUT2D eigenvalue weighted by atomic mass is 32.1. The van der Waals surface area contributed by atoms with Gasteiger partial charge < -0.3 is 15.4 Å². The van der Waals surface area contributed by atoms with Gasteiger partial charge in [0.05, 0.1) is 0 Å². The zero-order chi connectivity index (χ0) is 15.1. The Kier molecular flexibility index (Phi) is 5.51. The zero-order valence-electron chi connectivity index (χ0n) is 12.2. The smallest absolute Gasteiger partial charge is 0.174 e. The highest BCUT2D eigenvalue weighted by Gasteiger charge is 2.07. The first-order chi connectivity index (χ1) is 10.1. The lowest BCUT2D eigenvalue weighted by Gasteiger charge is -2.15. The van der Waals surface area contributed by atoms with Gasteiger partial charge in [-0.3, -0.25) is 0 Å². The first-order valence-electron chi connectivity index (χ1n) is 6.84. The average molecular weight is 301 g/mol. The van der Waals surface area contributed by atoms with Crippen LogP contribution in [0.4, 0.5) is 5.82 Å². The molecule has 0 saturated carbocycles. The third kappa shape index (κ3) is 5.04. The molecule has 110 valence electrons. The molecule has 0 fully saturated rings. The first-order valence-corrected chi connectivity index (χ1v) is 7.25. The molecule has 1 aromatic heterocycles. The van der Waals surface area contributed by atoms with Gasteiger partial charge in [0, 0.05) is 12.2 Å². The SMILES string of the molecule is CC(C)NC(=S)Nc1ncccc1OCc1ccccc1. The Bertz CT molecular complexity index is 587. The van der Waals surface area contributed by atoms with Crippen LogP contribution in [0.2, 0.25) is 0 Å². The van der Waals surface area contributed by atoms with Gasteiger partial charge >= 0.3 is 0 Å². The molecule has 0 atom stereocenters. The van der Waals surface area contributed by atoms with Gasteiger partial charge in [-0.25, -0.2) is 4.98 Å². The Morgan fingerprint density at radius 2 is 1.95 bits per heavy atom. The minimum atomic E-state index is 0.266. The summed E-state index contributed by atoms with van der Waals surface area (Å²) < 4.78 is 5.82. The number of aromatic nitrogens is 1. The number of nitrogens with zero attached hydrogens (tertiary/aromatic N) is 1. The summed E-state index contributed by atoms with van der Waals surface area (Å²) in [4.78, 5) is 4.27. The molecule has 21 heavy (non-hydrogen) atoms. The van der Waals surface area contributed by atoms with Gasteiger partial charge in [0.1, 0.15) is 6.61 Å². The van der Waals surface area contributed by atoms with Crippen LogP contribution in [0, 0.1) is 0 Å². The molecule has 0 aliphatic rings. The van der Waals surface area contributed by atoms with Crippen LogP contribution < -0.4 is 15.4 Å². The van der Waals surface area contributed by atoms with Crippen molar-refractivity contribution in [2.75, 3.05) is 5.32 Å². The van der Waals surface area contributed by atoms with Crippen molar-refractivity contribution in [1.29, 1.82) is 0 Å². The van der Waals surface area contributed by atoms with Crippen LogP contribution in [0.25, 0.3) is 0 Å². The second-order valence-corrected chi connectivity index (χ2v) is 5.29. The predicted molar refractivity (Wildman–Crippen MR) is 89.5 cm³/mol. The highest BCUT2D eigenvalue weighted by Crippen LogP contribution is 2.22. The molecular weight excluding hydrogens is 282 g/mol. The van der Waals surface area contributed by atoms with E-state index in [0.717, 1.165) is 5.56 Å². The number of rotatable bonds is 5. The molecular formula is C16H19N3OS. The third-order valence-corrected chi connectivity index (χ3v) is 2.88. The normalized spacial score (nSPS) is 10.2. The number of nitrogens with one attached hydrogen (secondary N) is 2. The zero-order valence-corrected chi connectivity index (χ0v) is 13.0. The maximum atomic E-state index is 5.82. The average Bonchev–Trinajstić information content (AvgIpc) is 2.46. The summed E-state index contributed by atoms with van der Waals surface area (Å²) in [6.07, 6.45) is 1.70. The predicted octanol–water partition coefficient (Wildman–Crippen LogP) is 3.36. The molecule has 2 aromatic rings. The fraction of sp³-hybridized carbons (Fsp3) is 0.250. The number of anilines is 1. The molecule has 0 aliphatic carbocycles. The van der Waals surface area contributed by atoms with Crippen LogP contribution in [-0.4, -0.2) is 16.1 Å². The quantitative estimate of drug-likeness (QED) is 0.829. The van der Waals surface area contributed by atoms with Crippen LogP contribution in [0.5, 0.6) is 5.75 Å². The minimum absolute atomic E-state index is 0.266. The molecule has 2 rings (SSSR count). The van der Waals surface area contributed by atoms with Gasteiger partial charge in [0.15, 0.2) is 16.7 Å². The molecule has 0 bridgehead atoms. The molecule has 1 heterocycles. The van der Waals surface area contributed by atoms with Gasteiger partial charge in [-0.2, -0.15) is 0 Å². The van der Waals surface area contributed by atoms with E-state index in [-0.39, 0.29) is 6.04 Å². The van der Waals surface area contributed by atoms with Gasteiger partial charge in [-0.05, 0) is 43.8 Å². The lowest BCUT2D eigenvalue weighted by Crippen LogP contribution is -2.34. The number of hydrogen-bond donors (Lipinski definition) is 2. The van der Waals surface area contributed by atoms with E-state index in [0.29, 0.717) is 23.3 Å². The van der Waals surface area contributed by atoms with Crippen molar-refractivity contribution in [2.45, 2.75) is 26.5 Å². The van der Waals surface area contributed by atoms with E-state index in [9.17, 15) is 0 Å². The van der Waals surface area contributed by atoms with Crippen molar-refractivity contribution >= 4 is 23.1 Å². The molecule has 0 spiro atoms. The Hall–Kier alpha value is -2.14. The fourth-order valence-corrected chi connectivity index (χ4v) is 2.07. The number of ether oxygens (including phenoxy) is 1. The summed E-state index contributed by atoms with van der Waals surface area (Å²) in [5, 5.41) is 6.71. The van der Waals surface area contributed by atoms with Gasteiger partial charge in [0.2, 0.25) is 0 Å². The Balaban J connectivity index is 2.01. The van der Waals surface area contributed by atoms with Crippen LogP contribution in [0.3, 0.4) is 0 Å². The standard InChI is InChI=1S/C16H19N3OS/c1-12(2)18-16(21)19-15-14(9-6-10-17-15)20-11-13-7-4-3-5-8-13/h3-10,12H,11H2,1-2H3,(H2,17,18,19,21). The summed E-state index contributed by atoms with van der Waals surface area (Å²) >= 11 is 5.23. The monoisotopic (exact) mass is 301 g/mol. The number of benzene rings is 1. The van der Waals surface area contributed by atoms with E-state index in [1.54, 1.807) is 6.20 Å². The van der Waals surface area contributed by atoms with Crippen molar-refractivity contribution in [1.82, 2.24) is 10.3 Å². The van der Waals surface area contributed by atoms with E-state index in [1.165, 1.54) is 0 Å². The summed E-state index contributed by atoms with van der Waals surface area (Å²) in [5.74, 6) is 1.29. The Morgan fingerprint density at radius 1 is 1.19 bits per heavy atom. The maximum absolute atomic E-state index is 5.82. The molecule has 4 nitrogen and oxygen atoms in total. The van der Waals surface area contributed by atoms with Crippen molar-refractivity contribution in [3.05, 3.63) is 54.2 Å². The molecule has 1 aromatic carbocycles. The largest absolute Gasteiger partial charge is 0.485 e. The summed E-state index contributed by atoms with van der Waals surface area (Å²) in [6, 6.07) is 14.0. The van der Waals surface area contributed by atoms with E-state index in [4.69, 9.17) is 17.0 Å². The van der Waals surface area contributed by atoms with Crippen LogP contribution >= 0.6 is 12.2 Å². The van der Waals surface area contributed by atoms with Crippen LogP contribution in [0.15, 0.2) is 48.7 Å². The summed E-state index contributed by atoms with van der Waals surface area (Å²) in [5.41, 5.74) is 1.11. The molecule has 2 N–H and O–H groups in total. The van der Waals surface area contributed by atoms with Crippen LogP contribution in [-0.2, 0) is 6.61 Å². The highest BCUT2D eigenvalue weighted by molar-refractivity contribution is 7.80. The van der Waals surface area contributed by atoms with E-state index >= 15 is 0 Å². The fourth-order valence-electron chi connectivity index (χ4n) is 1.74. The molecule has 0 radical (unpaired) electrons. The van der Waals surface area contributed by atoms with Gasteiger partial charge in [-0.1, -0.05) is 30.3 Å². The molecule has 0 unspecified atom stereocenters. The Morgan fingerprint density at radius 3 is 2.67 bits per heavy atom. The molecule has 0 aliphatic heterocycles. The van der Waals surface area contributed by atoms with Gasteiger partial charge in [-0.15, -0.1) is 0 Å². The second kappa shape index (κ2) is 7.59. The lowest BCUT2D eigenvalue weighted by atomic mass is 10.2. The van der Waals surface area contributed by atoms with Gasteiger partial charge in [0.25, 0.3) is 0 Å². The van der Waals surface area contributed by atoms with E-state index in [2.05, 4.69) is 15.6 Å². The minimum Gasteiger partial charge on any atom is -0.485 e. The first kappa shape index (κ1) is 15.3. The number of hydrogen-bond acceptors (Lipinski definition) is 3. The summed E-state index contributed by atoms with van der Waals surface area (Å²) in [6.45, 7) is 4.55. The topological polar surface area (TPSA) is 46.2 Å². The number of thiocarbonyl (C=S) groups is 1. The van der Waals surface area contributed by atoms with E-state index in [1.807, 2.05) is 56.3 Å². The van der Waals surface area contributed by atoms with Crippen LogP contribution in [0.1, 0.15) is 19.4 Å². The Labute approximate surface area is 130 Å². The second-order valence-electron chi connectivity index (χ2n) is 4.88. The van der Waals surface area contributed by atoms with E-state index < -0.39 is 0 Å². The third-order valence-electron chi connectivity index (χ3n) is 2.66. The molecule has 5 heteroatoms. The van der Waals surface area contributed by atoms with Crippen molar-refractivity contribution in [2.24, 2.45) is 0 Å². The van der Waals surface area contributed by atoms with Crippen molar-refractivity contribution < 1.29 is 4.74 Å². The lowest BCUT2D eigenvalue weighted by molar-refractivity contribution is 0.307. The maximum Gasteiger partial charge on any atom is 0.174 e. The molecule has 0 amide bonds. The number of pyridine rings is 1.